The zero-order valence-electron chi connectivity index (χ0n) is 12.5. The Hall–Kier alpha value is -1.90. The van der Waals surface area contributed by atoms with Crippen molar-refractivity contribution in [2.45, 2.75) is 45.2 Å². The van der Waals surface area contributed by atoms with Crippen LogP contribution in [0.2, 0.25) is 0 Å². The van der Waals surface area contributed by atoms with Crippen molar-refractivity contribution in [3.63, 3.8) is 0 Å². The third-order valence-corrected chi connectivity index (χ3v) is 3.79. The molecule has 1 saturated heterocycles. The van der Waals surface area contributed by atoms with Gasteiger partial charge in [-0.3, -0.25) is 15.2 Å². The van der Waals surface area contributed by atoms with Crippen LogP contribution in [-0.4, -0.2) is 39.7 Å². The fourth-order valence-electron chi connectivity index (χ4n) is 2.65. The van der Waals surface area contributed by atoms with Crippen molar-refractivity contribution < 1.29 is 9.90 Å². The summed E-state index contributed by atoms with van der Waals surface area (Å²) in [6.07, 6.45) is 6.47. The van der Waals surface area contributed by atoms with Gasteiger partial charge in [-0.05, 0) is 32.8 Å². The Kier molecular flexibility index (Phi) is 5.32. The molecule has 2 atom stereocenters. The van der Waals surface area contributed by atoms with E-state index in [2.05, 4.69) is 36.1 Å². The Balaban J connectivity index is 2.16. The lowest BCUT2D eigenvalue weighted by molar-refractivity contribution is 0.0369. The van der Waals surface area contributed by atoms with Gasteiger partial charge in [0.1, 0.15) is 6.61 Å². The predicted octanol–water partition coefficient (Wildman–Crippen LogP) is 1.33. The van der Waals surface area contributed by atoms with E-state index in [1.165, 1.54) is 6.42 Å². The van der Waals surface area contributed by atoms with Gasteiger partial charge in [-0.2, -0.15) is 0 Å². The summed E-state index contributed by atoms with van der Waals surface area (Å²) in [6, 6.07) is 2.30. The summed E-state index contributed by atoms with van der Waals surface area (Å²) < 4.78 is 0. The average molecular weight is 287 g/mol. The highest BCUT2D eigenvalue weighted by Gasteiger charge is 2.26. The maximum Gasteiger partial charge on any atom is 0.266 e. The highest BCUT2D eigenvalue weighted by molar-refractivity contribution is 5.96. The van der Waals surface area contributed by atoms with Crippen LogP contribution in [-0.2, 0) is 0 Å². The maximum atomic E-state index is 12.5. The summed E-state index contributed by atoms with van der Waals surface area (Å²) in [5.41, 5.74) is 4.00. The van der Waals surface area contributed by atoms with Crippen LogP contribution < -0.4 is 5.43 Å². The van der Waals surface area contributed by atoms with Gasteiger partial charge in [0.25, 0.3) is 5.91 Å². The van der Waals surface area contributed by atoms with Gasteiger partial charge in [-0.1, -0.05) is 18.3 Å². The van der Waals surface area contributed by atoms with Gasteiger partial charge in [-0.25, -0.2) is 5.01 Å². The normalized spacial score (nSPS) is 22.2. The first kappa shape index (κ1) is 15.5. The van der Waals surface area contributed by atoms with E-state index in [1.54, 1.807) is 18.5 Å². The number of nitrogens with zero attached hydrogens (tertiary/aromatic N) is 2. The van der Waals surface area contributed by atoms with Gasteiger partial charge >= 0.3 is 0 Å². The second kappa shape index (κ2) is 7.21. The zero-order valence-corrected chi connectivity index (χ0v) is 12.5. The number of hydrogen-bond donors (Lipinski definition) is 2. The number of aliphatic hydroxyl groups excluding tert-OH is 1. The molecule has 21 heavy (non-hydrogen) atoms. The van der Waals surface area contributed by atoms with Crippen LogP contribution in [0, 0.1) is 11.8 Å². The van der Waals surface area contributed by atoms with Gasteiger partial charge in [-0.15, -0.1) is 0 Å². The van der Waals surface area contributed by atoms with E-state index < -0.39 is 0 Å². The quantitative estimate of drug-likeness (QED) is 0.806. The van der Waals surface area contributed by atoms with Crippen molar-refractivity contribution in [1.82, 2.24) is 15.4 Å². The van der Waals surface area contributed by atoms with Crippen LogP contribution >= 0.6 is 0 Å². The number of piperidine rings is 1. The first-order chi connectivity index (χ1) is 10.1. The van der Waals surface area contributed by atoms with E-state index in [-0.39, 0.29) is 12.5 Å². The molecule has 1 aromatic rings. The number of carbonyl (C=O) groups excluding carboxylic acids is 1. The third-order valence-electron chi connectivity index (χ3n) is 3.79. The third kappa shape index (κ3) is 3.81. The van der Waals surface area contributed by atoms with E-state index in [4.69, 9.17) is 5.11 Å². The van der Waals surface area contributed by atoms with E-state index >= 15 is 0 Å². The summed E-state index contributed by atoms with van der Waals surface area (Å²) in [5, 5.41) is 10.8. The van der Waals surface area contributed by atoms with Crippen molar-refractivity contribution in [2.75, 3.05) is 6.61 Å². The Morgan fingerprint density at radius 1 is 1.48 bits per heavy atom. The summed E-state index contributed by atoms with van der Waals surface area (Å²) in [5.74, 6) is 5.13. The van der Waals surface area contributed by atoms with Gasteiger partial charge in [0, 0.05) is 24.5 Å². The monoisotopic (exact) mass is 287 g/mol. The molecule has 0 aliphatic carbocycles. The molecule has 0 bridgehead atoms. The Morgan fingerprint density at radius 3 is 2.86 bits per heavy atom. The molecule has 2 rings (SSSR count). The number of aromatic nitrogens is 1. The molecule has 1 aliphatic rings. The molecule has 2 N–H and O–H groups in total. The number of amides is 1. The molecular weight excluding hydrogens is 266 g/mol. The standard InChI is InChI=1S/C16H21N3O2/c1-12-5-3-6-13(2)19(12)18-16(21)15-8-9-17-11-14(15)7-4-10-20/h8-9,11-13,20H,3,5-6,10H2,1-2H3,(H,18,21). The highest BCUT2D eigenvalue weighted by atomic mass is 16.2. The number of aliphatic hydroxyl groups is 1. The van der Waals surface area contributed by atoms with Crippen LogP contribution in [0.5, 0.6) is 0 Å². The van der Waals surface area contributed by atoms with Crippen LogP contribution in [0.3, 0.4) is 0 Å². The van der Waals surface area contributed by atoms with E-state index in [9.17, 15) is 4.79 Å². The number of hydrogen-bond acceptors (Lipinski definition) is 4. The molecule has 1 aromatic heterocycles. The highest BCUT2D eigenvalue weighted by Crippen LogP contribution is 2.20. The van der Waals surface area contributed by atoms with Gasteiger partial charge in [0.2, 0.25) is 0 Å². The topological polar surface area (TPSA) is 65.5 Å². The van der Waals surface area contributed by atoms with Crippen molar-refractivity contribution in [1.29, 1.82) is 0 Å². The molecule has 0 spiro atoms. The van der Waals surface area contributed by atoms with Crippen molar-refractivity contribution in [2.24, 2.45) is 0 Å². The first-order valence-electron chi connectivity index (χ1n) is 7.26. The molecule has 0 radical (unpaired) electrons. The molecule has 1 fully saturated rings. The average Bonchev–Trinajstić information content (AvgIpc) is 2.49. The molecular formula is C16H21N3O2. The number of carbonyl (C=O) groups is 1. The van der Waals surface area contributed by atoms with E-state index in [0.717, 1.165) is 12.8 Å². The minimum absolute atomic E-state index is 0.180. The lowest BCUT2D eigenvalue weighted by Crippen LogP contribution is -2.54. The van der Waals surface area contributed by atoms with Gasteiger partial charge < -0.3 is 5.11 Å². The molecule has 0 saturated carbocycles. The lowest BCUT2D eigenvalue weighted by Gasteiger charge is -2.38. The Morgan fingerprint density at radius 2 is 2.19 bits per heavy atom. The fraction of sp³-hybridized carbons (Fsp3) is 0.500. The first-order valence-corrected chi connectivity index (χ1v) is 7.26. The molecule has 0 aromatic carbocycles. The van der Waals surface area contributed by atoms with E-state index in [0.29, 0.717) is 23.2 Å². The minimum atomic E-state index is -0.240. The summed E-state index contributed by atoms with van der Waals surface area (Å²) in [7, 11) is 0. The molecule has 1 aliphatic heterocycles. The number of hydrazine groups is 1. The summed E-state index contributed by atoms with van der Waals surface area (Å²) in [4.78, 5) is 16.5. The Labute approximate surface area is 125 Å². The predicted molar refractivity (Wildman–Crippen MR) is 80.3 cm³/mol. The zero-order chi connectivity index (χ0) is 15.2. The molecule has 1 amide bonds. The maximum absolute atomic E-state index is 12.5. The van der Waals surface area contributed by atoms with Gasteiger partial charge in [0.15, 0.2) is 0 Å². The number of pyridine rings is 1. The second-order valence-corrected chi connectivity index (χ2v) is 5.36. The molecule has 5 heteroatoms. The fourth-order valence-corrected chi connectivity index (χ4v) is 2.65. The second-order valence-electron chi connectivity index (χ2n) is 5.36. The van der Waals surface area contributed by atoms with Gasteiger partial charge in [0.05, 0.1) is 11.1 Å². The summed E-state index contributed by atoms with van der Waals surface area (Å²) in [6.45, 7) is 4.00. The SMILES string of the molecule is CC1CCCC(C)N1NC(=O)c1ccncc1C#CCO. The molecule has 2 heterocycles. The molecule has 112 valence electrons. The number of nitrogens with one attached hydrogen (secondary N) is 1. The largest absolute Gasteiger partial charge is 0.384 e. The number of rotatable bonds is 2. The van der Waals surface area contributed by atoms with Crippen molar-refractivity contribution in [3.05, 3.63) is 29.6 Å². The Bertz CT molecular complexity index is 552. The van der Waals surface area contributed by atoms with Crippen LogP contribution in [0.4, 0.5) is 0 Å². The van der Waals surface area contributed by atoms with E-state index in [1.807, 2.05) is 5.01 Å². The van der Waals surface area contributed by atoms with Crippen LogP contribution in [0.25, 0.3) is 0 Å². The van der Waals surface area contributed by atoms with Crippen LogP contribution in [0.1, 0.15) is 49.0 Å². The summed E-state index contributed by atoms with van der Waals surface area (Å²) >= 11 is 0. The lowest BCUT2D eigenvalue weighted by atomic mass is 10.00. The van der Waals surface area contributed by atoms with Crippen molar-refractivity contribution >= 4 is 5.91 Å². The van der Waals surface area contributed by atoms with Crippen LogP contribution in [0.15, 0.2) is 18.5 Å². The molecule has 2 unspecified atom stereocenters. The van der Waals surface area contributed by atoms with Crippen molar-refractivity contribution in [3.8, 4) is 11.8 Å². The molecule has 5 nitrogen and oxygen atoms in total. The smallest absolute Gasteiger partial charge is 0.266 e. The minimum Gasteiger partial charge on any atom is -0.384 e.